The minimum Gasteiger partial charge on any atom is -0.487 e. The van der Waals surface area contributed by atoms with Crippen LogP contribution in [-0.4, -0.2) is 28.0 Å². The Labute approximate surface area is 189 Å². The number of ether oxygens (including phenoxy) is 1. The zero-order valence-corrected chi connectivity index (χ0v) is 19.2. The molecule has 1 unspecified atom stereocenters. The molecule has 0 fully saturated rings. The molecule has 0 spiro atoms. The predicted molar refractivity (Wildman–Crippen MR) is 126 cm³/mol. The lowest BCUT2D eigenvalue weighted by Gasteiger charge is -2.24. The van der Waals surface area contributed by atoms with Crippen LogP contribution in [0.15, 0.2) is 65.7 Å². The van der Waals surface area contributed by atoms with Crippen molar-refractivity contribution in [2.45, 2.75) is 45.9 Å². The Morgan fingerprint density at radius 1 is 1.16 bits per heavy atom. The van der Waals surface area contributed by atoms with Crippen molar-refractivity contribution in [3.63, 3.8) is 0 Å². The van der Waals surface area contributed by atoms with Crippen LogP contribution in [0.3, 0.4) is 0 Å². The molecule has 6 heteroatoms. The number of pyridine rings is 2. The molecule has 1 aromatic carbocycles. The molecule has 2 heterocycles. The molecule has 0 saturated heterocycles. The van der Waals surface area contributed by atoms with Crippen LogP contribution < -0.4 is 10.3 Å². The van der Waals surface area contributed by atoms with E-state index >= 15 is 0 Å². The standard InChI is InChI=1S/C25H30ClN3O2/c1-4-13-28(3)19(2)21-7-5-20(6-8-21)11-14-29-15-12-24(16-25(29)30)31-18-23-10-9-22(26)17-27-23/h5-10,12,15-17,19H,4,11,13-14,18H2,1-3H3. The van der Waals surface area contributed by atoms with Crippen LogP contribution in [0.25, 0.3) is 0 Å². The second kappa shape index (κ2) is 11.1. The van der Waals surface area contributed by atoms with E-state index in [1.807, 2.05) is 6.07 Å². The molecule has 2 aromatic heterocycles. The zero-order valence-electron chi connectivity index (χ0n) is 18.4. The van der Waals surface area contributed by atoms with E-state index in [2.05, 4.69) is 55.0 Å². The van der Waals surface area contributed by atoms with E-state index in [1.165, 1.54) is 17.2 Å². The smallest absolute Gasteiger partial charge is 0.254 e. The van der Waals surface area contributed by atoms with Crippen molar-refractivity contribution in [3.05, 3.63) is 93.1 Å². The summed E-state index contributed by atoms with van der Waals surface area (Å²) in [6, 6.07) is 16.0. The Balaban J connectivity index is 1.54. The summed E-state index contributed by atoms with van der Waals surface area (Å²) < 4.78 is 7.39. The number of hydrogen-bond acceptors (Lipinski definition) is 4. The van der Waals surface area contributed by atoms with Gasteiger partial charge in [-0.25, -0.2) is 0 Å². The summed E-state index contributed by atoms with van der Waals surface area (Å²) in [6.45, 7) is 6.43. The van der Waals surface area contributed by atoms with Crippen molar-refractivity contribution in [2.75, 3.05) is 13.6 Å². The maximum absolute atomic E-state index is 12.4. The van der Waals surface area contributed by atoms with Crippen LogP contribution in [-0.2, 0) is 19.6 Å². The lowest BCUT2D eigenvalue weighted by molar-refractivity contribution is 0.262. The van der Waals surface area contributed by atoms with Gasteiger partial charge >= 0.3 is 0 Å². The molecule has 0 aliphatic heterocycles. The van der Waals surface area contributed by atoms with E-state index in [-0.39, 0.29) is 5.56 Å². The quantitative estimate of drug-likeness (QED) is 0.439. The fourth-order valence-electron chi connectivity index (χ4n) is 3.43. The normalized spacial score (nSPS) is 12.2. The number of nitrogens with zero attached hydrogens (tertiary/aromatic N) is 3. The van der Waals surface area contributed by atoms with E-state index < -0.39 is 0 Å². The number of hydrogen-bond donors (Lipinski definition) is 0. The molecule has 1 atom stereocenters. The first-order chi connectivity index (χ1) is 15.0. The first-order valence-corrected chi connectivity index (χ1v) is 11.1. The summed E-state index contributed by atoms with van der Waals surface area (Å²) in [5.74, 6) is 0.535. The maximum Gasteiger partial charge on any atom is 0.254 e. The van der Waals surface area contributed by atoms with E-state index in [0.717, 1.165) is 25.1 Å². The van der Waals surface area contributed by atoms with Crippen LogP contribution >= 0.6 is 11.6 Å². The minimum absolute atomic E-state index is 0.0759. The monoisotopic (exact) mass is 439 g/mol. The van der Waals surface area contributed by atoms with Gasteiger partial charge in [0.05, 0.1) is 10.7 Å². The number of rotatable bonds is 10. The minimum atomic E-state index is -0.0759. The van der Waals surface area contributed by atoms with Gasteiger partial charge in [0.15, 0.2) is 0 Å². The average Bonchev–Trinajstić information content (AvgIpc) is 2.78. The van der Waals surface area contributed by atoms with Crippen LogP contribution in [0.2, 0.25) is 5.02 Å². The van der Waals surface area contributed by atoms with Crippen LogP contribution in [0.1, 0.15) is 43.1 Å². The van der Waals surface area contributed by atoms with Crippen LogP contribution in [0.5, 0.6) is 5.75 Å². The molecule has 31 heavy (non-hydrogen) atoms. The Bertz CT molecular complexity index is 1020. The molecule has 0 N–H and O–H groups in total. The van der Waals surface area contributed by atoms with Gasteiger partial charge in [0.1, 0.15) is 12.4 Å². The Hall–Kier alpha value is -2.63. The first kappa shape index (κ1) is 23.0. The third-order valence-electron chi connectivity index (χ3n) is 5.48. The predicted octanol–water partition coefficient (Wildman–Crippen LogP) is 5.12. The highest BCUT2D eigenvalue weighted by Gasteiger charge is 2.10. The molecule has 0 bridgehead atoms. The van der Waals surface area contributed by atoms with E-state index in [9.17, 15) is 4.79 Å². The fourth-order valence-corrected chi connectivity index (χ4v) is 3.54. The molecule has 0 aliphatic carbocycles. The maximum atomic E-state index is 12.4. The van der Waals surface area contributed by atoms with Crippen LogP contribution in [0, 0.1) is 0 Å². The van der Waals surface area contributed by atoms with Gasteiger partial charge in [0.25, 0.3) is 5.56 Å². The number of aromatic nitrogens is 2. The lowest BCUT2D eigenvalue weighted by atomic mass is 10.0. The van der Waals surface area contributed by atoms with Gasteiger partial charge in [-0.05, 0) is 62.7 Å². The third-order valence-corrected chi connectivity index (χ3v) is 5.71. The zero-order chi connectivity index (χ0) is 22.2. The van der Waals surface area contributed by atoms with Crippen molar-refractivity contribution in [1.29, 1.82) is 0 Å². The molecule has 164 valence electrons. The van der Waals surface area contributed by atoms with Crippen molar-refractivity contribution >= 4 is 11.6 Å². The average molecular weight is 440 g/mol. The Morgan fingerprint density at radius 3 is 2.58 bits per heavy atom. The summed E-state index contributed by atoms with van der Waals surface area (Å²) in [5.41, 5.74) is 3.21. The summed E-state index contributed by atoms with van der Waals surface area (Å²) >= 11 is 5.84. The molecule has 0 radical (unpaired) electrons. The molecule has 0 aliphatic rings. The van der Waals surface area contributed by atoms with Gasteiger partial charge in [-0.15, -0.1) is 0 Å². The van der Waals surface area contributed by atoms with Crippen LogP contribution in [0.4, 0.5) is 0 Å². The molecule has 0 saturated carbocycles. The molecular formula is C25H30ClN3O2. The fraction of sp³-hybridized carbons (Fsp3) is 0.360. The first-order valence-electron chi connectivity index (χ1n) is 10.7. The molecule has 5 nitrogen and oxygen atoms in total. The van der Waals surface area contributed by atoms with Gasteiger partial charge < -0.3 is 9.30 Å². The lowest BCUT2D eigenvalue weighted by Crippen LogP contribution is -2.23. The molecule has 3 rings (SSSR count). The summed E-state index contributed by atoms with van der Waals surface area (Å²) in [6.07, 6.45) is 5.31. The van der Waals surface area contributed by atoms with E-state index in [1.54, 1.807) is 29.1 Å². The Morgan fingerprint density at radius 2 is 1.94 bits per heavy atom. The van der Waals surface area contributed by atoms with Crippen molar-refractivity contribution in [2.24, 2.45) is 0 Å². The number of benzene rings is 1. The highest BCUT2D eigenvalue weighted by atomic mass is 35.5. The Kier molecular flexibility index (Phi) is 8.27. The van der Waals surface area contributed by atoms with E-state index in [0.29, 0.717) is 30.0 Å². The number of aryl methyl sites for hydroxylation is 2. The van der Waals surface area contributed by atoms with Gasteiger partial charge in [-0.3, -0.25) is 14.7 Å². The topological polar surface area (TPSA) is 47.4 Å². The molecule has 0 amide bonds. The third kappa shape index (κ3) is 6.68. The van der Waals surface area contributed by atoms with Crippen molar-refractivity contribution in [1.82, 2.24) is 14.5 Å². The van der Waals surface area contributed by atoms with Gasteiger partial charge in [-0.1, -0.05) is 42.8 Å². The van der Waals surface area contributed by atoms with Crippen molar-refractivity contribution in [3.8, 4) is 5.75 Å². The SMILES string of the molecule is CCCN(C)C(C)c1ccc(CCn2ccc(OCc3ccc(Cl)cn3)cc2=O)cc1. The van der Waals surface area contributed by atoms with Gasteiger partial charge in [0, 0.05) is 31.0 Å². The summed E-state index contributed by atoms with van der Waals surface area (Å²) in [7, 11) is 2.16. The van der Waals surface area contributed by atoms with Gasteiger partial charge in [0.2, 0.25) is 0 Å². The second-order valence-corrected chi connectivity index (χ2v) is 8.24. The largest absolute Gasteiger partial charge is 0.487 e. The number of halogens is 1. The van der Waals surface area contributed by atoms with E-state index in [4.69, 9.17) is 16.3 Å². The second-order valence-electron chi connectivity index (χ2n) is 7.80. The molecule has 3 aromatic rings. The van der Waals surface area contributed by atoms with Gasteiger partial charge in [-0.2, -0.15) is 0 Å². The highest BCUT2D eigenvalue weighted by Crippen LogP contribution is 2.19. The molecular weight excluding hydrogens is 410 g/mol. The highest BCUT2D eigenvalue weighted by molar-refractivity contribution is 6.30. The summed E-state index contributed by atoms with van der Waals surface area (Å²) in [4.78, 5) is 19.0. The summed E-state index contributed by atoms with van der Waals surface area (Å²) in [5, 5.41) is 0.583. The van der Waals surface area contributed by atoms with Crippen molar-refractivity contribution < 1.29 is 4.74 Å².